The van der Waals surface area contributed by atoms with Crippen LogP contribution in [0.2, 0.25) is 0 Å². The fraction of sp³-hybridized carbons (Fsp3) is 0.208. The molecule has 0 aliphatic heterocycles. The zero-order valence-corrected chi connectivity index (χ0v) is 17.7. The van der Waals surface area contributed by atoms with E-state index in [1.165, 1.54) is 0 Å². The Hall–Kier alpha value is -3.87. The van der Waals surface area contributed by atoms with E-state index < -0.39 is 5.76 Å². The smallest absolute Gasteiger partial charge is 0.420 e. The molecule has 3 heterocycles. The first-order valence-corrected chi connectivity index (χ1v) is 9.95. The minimum absolute atomic E-state index is 0.408. The van der Waals surface area contributed by atoms with Crippen molar-refractivity contribution in [2.75, 3.05) is 7.11 Å². The van der Waals surface area contributed by atoms with Crippen LogP contribution in [-0.4, -0.2) is 21.8 Å². The van der Waals surface area contributed by atoms with Gasteiger partial charge in [-0.05, 0) is 44.0 Å². The van der Waals surface area contributed by atoms with Gasteiger partial charge < -0.3 is 13.7 Å². The van der Waals surface area contributed by atoms with E-state index in [0.29, 0.717) is 29.2 Å². The maximum Gasteiger partial charge on any atom is 0.420 e. The molecule has 0 spiro atoms. The number of fused-ring (bicyclic) bond motifs is 3. The summed E-state index contributed by atoms with van der Waals surface area (Å²) in [5, 5.41) is 4.84. The highest BCUT2D eigenvalue weighted by Crippen LogP contribution is 2.38. The summed E-state index contributed by atoms with van der Waals surface area (Å²) in [5.41, 5.74) is 6.52. The summed E-state index contributed by atoms with van der Waals surface area (Å²) in [5.74, 6) is 0.935. The molecule has 0 N–H and O–H groups in total. The molecular formula is C24H21N3O4. The highest BCUT2D eigenvalue weighted by Gasteiger charge is 2.20. The zero-order chi connectivity index (χ0) is 21.7. The summed E-state index contributed by atoms with van der Waals surface area (Å²) in [7, 11) is 1.62. The van der Waals surface area contributed by atoms with Crippen molar-refractivity contribution in [1.29, 1.82) is 0 Å². The van der Waals surface area contributed by atoms with E-state index in [1.54, 1.807) is 17.9 Å². The third-order valence-electron chi connectivity index (χ3n) is 5.71. The number of rotatable bonds is 4. The van der Waals surface area contributed by atoms with E-state index in [4.69, 9.17) is 13.7 Å². The highest BCUT2D eigenvalue weighted by atomic mass is 16.5. The van der Waals surface area contributed by atoms with Crippen molar-refractivity contribution < 1.29 is 13.7 Å². The second kappa shape index (κ2) is 7.12. The molecule has 0 bridgehead atoms. The summed E-state index contributed by atoms with van der Waals surface area (Å²) in [6.07, 6.45) is 1.59. The first-order chi connectivity index (χ1) is 15.0. The van der Waals surface area contributed by atoms with Crippen LogP contribution in [0.3, 0.4) is 0 Å². The van der Waals surface area contributed by atoms with Crippen molar-refractivity contribution in [1.82, 2.24) is 14.7 Å². The van der Waals surface area contributed by atoms with Gasteiger partial charge in [-0.2, -0.15) is 0 Å². The lowest BCUT2D eigenvalue weighted by atomic mass is 10.0. The fourth-order valence-corrected chi connectivity index (χ4v) is 4.11. The molecule has 5 aromatic rings. The van der Waals surface area contributed by atoms with Gasteiger partial charge in [0, 0.05) is 10.9 Å². The van der Waals surface area contributed by atoms with Crippen LogP contribution in [0.1, 0.15) is 22.6 Å². The molecular weight excluding hydrogens is 394 g/mol. The Labute approximate surface area is 177 Å². The molecule has 2 aromatic carbocycles. The number of pyridine rings is 1. The molecule has 3 aromatic heterocycles. The molecule has 0 unspecified atom stereocenters. The molecule has 0 amide bonds. The predicted molar refractivity (Wildman–Crippen MR) is 118 cm³/mol. The maximum absolute atomic E-state index is 12.7. The number of hydrogen-bond acceptors (Lipinski definition) is 6. The molecule has 5 rings (SSSR count). The molecule has 0 saturated carbocycles. The average Bonchev–Trinajstić information content (AvgIpc) is 3.26. The van der Waals surface area contributed by atoms with Gasteiger partial charge in [0.05, 0.1) is 36.6 Å². The number of methoxy groups -OCH3 is 1. The zero-order valence-electron chi connectivity index (χ0n) is 17.7. The van der Waals surface area contributed by atoms with E-state index in [9.17, 15) is 4.79 Å². The van der Waals surface area contributed by atoms with E-state index >= 15 is 0 Å². The standard InChI is InChI=1S/C24H21N3O4/c1-13-7-5-6-8-16(13)12-27-23-17-10-20(29-4)18(22-14(2)26-31-15(22)3)9-19(17)25-11-21(23)30-24(27)28/h5-11H,12H2,1-4H3. The van der Waals surface area contributed by atoms with Crippen molar-refractivity contribution in [2.45, 2.75) is 27.3 Å². The topological polar surface area (TPSA) is 83.3 Å². The molecule has 0 atom stereocenters. The van der Waals surface area contributed by atoms with E-state index in [0.717, 1.165) is 38.9 Å². The third-order valence-corrected chi connectivity index (χ3v) is 5.71. The van der Waals surface area contributed by atoms with Crippen LogP contribution in [-0.2, 0) is 6.54 Å². The summed E-state index contributed by atoms with van der Waals surface area (Å²) in [6, 6.07) is 11.8. The number of aryl methyl sites for hydroxylation is 3. The van der Waals surface area contributed by atoms with Gasteiger partial charge in [0.25, 0.3) is 0 Å². The molecule has 0 saturated heterocycles. The van der Waals surface area contributed by atoms with Crippen molar-refractivity contribution in [2.24, 2.45) is 0 Å². The van der Waals surface area contributed by atoms with Gasteiger partial charge in [-0.25, -0.2) is 4.79 Å². The molecule has 0 fully saturated rings. The number of nitrogens with zero attached hydrogens (tertiary/aromatic N) is 3. The Morgan fingerprint density at radius 2 is 1.94 bits per heavy atom. The largest absolute Gasteiger partial charge is 0.496 e. The van der Waals surface area contributed by atoms with Crippen LogP contribution in [0.25, 0.3) is 33.1 Å². The molecule has 0 aliphatic carbocycles. The first kappa shape index (κ1) is 19.1. The van der Waals surface area contributed by atoms with Gasteiger partial charge in [-0.3, -0.25) is 9.55 Å². The normalized spacial score (nSPS) is 11.5. The maximum atomic E-state index is 12.7. The molecule has 156 valence electrons. The van der Waals surface area contributed by atoms with Crippen molar-refractivity contribution in [3.05, 3.63) is 75.7 Å². The monoisotopic (exact) mass is 415 g/mol. The third kappa shape index (κ3) is 3.01. The number of aromatic nitrogens is 3. The molecule has 7 nitrogen and oxygen atoms in total. The number of benzene rings is 2. The van der Waals surface area contributed by atoms with Crippen LogP contribution in [0.15, 0.2) is 56.3 Å². The van der Waals surface area contributed by atoms with Gasteiger partial charge >= 0.3 is 5.76 Å². The summed E-state index contributed by atoms with van der Waals surface area (Å²) in [4.78, 5) is 17.3. The average molecular weight is 415 g/mol. The quantitative estimate of drug-likeness (QED) is 0.420. The van der Waals surface area contributed by atoms with E-state index in [1.807, 2.05) is 57.2 Å². The van der Waals surface area contributed by atoms with Crippen molar-refractivity contribution in [3.8, 4) is 16.9 Å². The minimum Gasteiger partial charge on any atom is -0.496 e. The van der Waals surface area contributed by atoms with Gasteiger partial charge in [-0.15, -0.1) is 0 Å². The molecule has 0 radical (unpaired) electrons. The number of hydrogen-bond donors (Lipinski definition) is 0. The van der Waals surface area contributed by atoms with Crippen molar-refractivity contribution >= 4 is 22.0 Å². The number of oxazole rings is 1. The lowest BCUT2D eigenvalue weighted by molar-refractivity contribution is 0.393. The van der Waals surface area contributed by atoms with Crippen LogP contribution < -0.4 is 10.5 Å². The second-order valence-corrected chi connectivity index (χ2v) is 7.62. The van der Waals surface area contributed by atoms with Crippen LogP contribution in [0.4, 0.5) is 0 Å². The van der Waals surface area contributed by atoms with E-state index in [2.05, 4.69) is 10.1 Å². The van der Waals surface area contributed by atoms with Crippen LogP contribution in [0, 0.1) is 20.8 Å². The van der Waals surface area contributed by atoms with Crippen molar-refractivity contribution in [3.63, 3.8) is 0 Å². The van der Waals surface area contributed by atoms with E-state index in [-0.39, 0.29) is 0 Å². The summed E-state index contributed by atoms with van der Waals surface area (Å²) in [6.45, 7) is 6.19. The Bertz CT molecular complexity index is 1490. The van der Waals surface area contributed by atoms with Crippen LogP contribution >= 0.6 is 0 Å². The van der Waals surface area contributed by atoms with Crippen LogP contribution in [0.5, 0.6) is 5.75 Å². The summed E-state index contributed by atoms with van der Waals surface area (Å²) < 4.78 is 18.2. The predicted octanol–water partition coefficient (Wildman–Crippen LogP) is 4.78. The van der Waals surface area contributed by atoms with Gasteiger partial charge in [0.1, 0.15) is 17.0 Å². The highest BCUT2D eigenvalue weighted by molar-refractivity contribution is 6.04. The number of ether oxygens (including phenoxy) is 1. The minimum atomic E-state index is -0.415. The fourth-order valence-electron chi connectivity index (χ4n) is 4.11. The SMILES string of the molecule is COc1cc2c(cc1-c1c(C)noc1C)ncc1oc(=O)n(Cc3ccccc3C)c12. The van der Waals surface area contributed by atoms with Gasteiger partial charge in [-0.1, -0.05) is 29.4 Å². The Morgan fingerprint density at radius 1 is 1.13 bits per heavy atom. The van der Waals surface area contributed by atoms with Gasteiger partial charge in [0.2, 0.25) is 0 Å². The Balaban J connectivity index is 1.79. The molecule has 31 heavy (non-hydrogen) atoms. The molecule has 7 heteroatoms. The molecule has 0 aliphatic rings. The first-order valence-electron chi connectivity index (χ1n) is 9.95. The van der Waals surface area contributed by atoms with Gasteiger partial charge in [0.15, 0.2) is 5.58 Å². The lowest BCUT2D eigenvalue weighted by Gasteiger charge is -2.12. The lowest BCUT2D eigenvalue weighted by Crippen LogP contribution is -2.15. The Kier molecular flexibility index (Phi) is 4.39. The Morgan fingerprint density at radius 3 is 2.65 bits per heavy atom. The second-order valence-electron chi connectivity index (χ2n) is 7.62. The summed E-state index contributed by atoms with van der Waals surface area (Å²) >= 11 is 0.